The first kappa shape index (κ1) is 13.4. The summed E-state index contributed by atoms with van der Waals surface area (Å²) in [5.74, 6) is 0.868. The van der Waals surface area contributed by atoms with Gasteiger partial charge in [-0.3, -0.25) is 0 Å². The number of anilines is 2. The number of pyridine rings is 1. The lowest BCUT2D eigenvalue weighted by molar-refractivity contribution is 0.301. The molecule has 3 N–H and O–H groups in total. The predicted molar refractivity (Wildman–Crippen MR) is 78.0 cm³/mol. The van der Waals surface area contributed by atoms with Crippen LogP contribution in [-0.4, -0.2) is 23.2 Å². The molecule has 0 fully saturated rings. The number of benzene rings is 1. The molecule has 0 saturated heterocycles. The molecule has 0 saturated carbocycles. The highest BCUT2D eigenvalue weighted by Gasteiger charge is 2.11. The van der Waals surface area contributed by atoms with Gasteiger partial charge in [-0.05, 0) is 24.1 Å². The Balaban J connectivity index is 2.24. The summed E-state index contributed by atoms with van der Waals surface area (Å²) >= 11 is 0. The van der Waals surface area contributed by atoms with E-state index in [1.165, 1.54) is 5.56 Å². The second-order valence-corrected chi connectivity index (χ2v) is 4.54. The zero-order valence-electron chi connectivity index (χ0n) is 11.1. The van der Waals surface area contributed by atoms with Crippen molar-refractivity contribution in [2.24, 2.45) is 0 Å². The number of aliphatic hydroxyl groups is 1. The van der Waals surface area contributed by atoms with Crippen LogP contribution in [0.1, 0.15) is 11.1 Å². The van der Waals surface area contributed by atoms with Crippen LogP contribution in [0.3, 0.4) is 0 Å². The van der Waals surface area contributed by atoms with E-state index in [-0.39, 0.29) is 6.61 Å². The molecule has 0 aliphatic heterocycles. The van der Waals surface area contributed by atoms with Crippen LogP contribution >= 0.6 is 0 Å². The molecule has 0 radical (unpaired) electrons. The molecule has 4 heteroatoms. The van der Waals surface area contributed by atoms with E-state index in [9.17, 15) is 5.11 Å². The third kappa shape index (κ3) is 3.45. The van der Waals surface area contributed by atoms with E-state index in [0.717, 1.165) is 17.9 Å². The van der Waals surface area contributed by atoms with Gasteiger partial charge in [-0.25, -0.2) is 4.98 Å². The molecular formula is C15H19N3O. The van der Waals surface area contributed by atoms with E-state index in [4.69, 9.17) is 5.73 Å². The molecule has 1 heterocycles. The zero-order valence-corrected chi connectivity index (χ0v) is 11.1. The Bertz CT molecular complexity index is 528. The van der Waals surface area contributed by atoms with Crippen molar-refractivity contribution < 1.29 is 5.11 Å². The van der Waals surface area contributed by atoms with E-state index in [0.29, 0.717) is 12.2 Å². The quantitative estimate of drug-likeness (QED) is 0.859. The Morgan fingerprint density at radius 3 is 2.63 bits per heavy atom. The van der Waals surface area contributed by atoms with Gasteiger partial charge < -0.3 is 15.7 Å². The Morgan fingerprint density at radius 2 is 2.00 bits per heavy atom. The normalized spacial score (nSPS) is 10.4. The fourth-order valence-electron chi connectivity index (χ4n) is 2.10. The molecule has 4 nitrogen and oxygen atoms in total. The maximum atomic E-state index is 9.23. The van der Waals surface area contributed by atoms with Crippen molar-refractivity contribution in [3.8, 4) is 0 Å². The second kappa shape index (κ2) is 6.20. The second-order valence-electron chi connectivity index (χ2n) is 4.54. The number of nitrogens with two attached hydrogens (primary N) is 1. The SMILES string of the molecule is Cc1cc(N)cnc1N(CCO)Cc1ccccc1. The van der Waals surface area contributed by atoms with Gasteiger partial charge in [0.15, 0.2) is 0 Å². The number of hydrogen-bond donors (Lipinski definition) is 2. The van der Waals surface area contributed by atoms with Gasteiger partial charge in [0.2, 0.25) is 0 Å². The summed E-state index contributed by atoms with van der Waals surface area (Å²) < 4.78 is 0. The van der Waals surface area contributed by atoms with E-state index in [2.05, 4.69) is 22.0 Å². The Morgan fingerprint density at radius 1 is 1.26 bits per heavy atom. The third-order valence-electron chi connectivity index (χ3n) is 2.96. The minimum Gasteiger partial charge on any atom is -0.397 e. The van der Waals surface area contributed by atoms with Crippen molar-refractivity contribution in [1.82, 2.24) is 4.98 Å². The molecule has 0 spiro atoms. The summed E-state index contributed by atoms with van der Waals surface area (Å²) in [6.07, 6.45) is 1.65. The summed E-state index contributed by atoms with van der Waals surface area (Å²) in [4.78, 5) is 6.44. The average molecular weight is 257 g/mol. The van der Waals surface area contributed by atoms with Crippen molar-refractivity contribution in [2.45, 2.75) is 13.5 Å². The van der Waals surface area contributed by atoms with Crippen molar-refractivity contribution >= 4 is 11.5 Å². The molecule has 0 aliphatic carbocycles. The number of aromatic nitrogens is 1. The van der Waals surface area contributed by atoms with Crippen LogP contribution in [0.2, 0.25) is 0 Å². The molecular weight excluding hydrogens is 238 g/mol. The first-order valence-electron chi connectivity index (χ1n) is 6.32. The molecule has 0 aliphatic rings. The van der Waals surface area contributed by atoms with Crippen molar-refractivity contribution in [2.75, 3.05) is 23.8 Å². The predicted octanol–water partition coefficient (Wildman–Crippen LogP) is 1.97. The topological polar surface area (TPSA) is 62.4 Å². The van der Waals surface area contributed by atoms with Crippen LogP contribution in [0.15, 0.2) is 42.6 Å². The minimum atomic E-state index is 0.0956. The summed E-state index contributed by atoms with van der Waals surface area (Å²) in [6, 6.07) is 12.0. The lowest BCUT2D eigenvalue weighted by Gasteiger charge is -2.24. The lowest BCUT2D eigenvalue weighted by atomic mass is 10.2. The largest absolute Gasteiger partial charge is 0.397 e. The van der Waals surface area contributed by atoms with Crippen LogP contribution in [0.25, 0.3) is 0 Å². The maximum Gasteiger partial charge on any atom is 0.131 e. The molecule has 2 rings (SSSR count). The van der Waals surface area contributed by atoms with Crippen LogP contribution in [-0.2, 0) is 6.54 Å². The molecule has 1 aromatic heterocycles. The molecule has 0 bridgehead atoms. The average Bonchev–Trinajstić information content (AvgIpc) is 2.39. The van der Waals surface area contributed by atoms with Gasteiger partial charge >= 0.3 is 0 Å². The molecule has 0 atom stereocenters. The van der Waals surface area contributed by atoms with E-state index in [1.54, 1.807) is 6.20 Å². The van der Waals surface area contributed by atoms with Crippen molar-refractivity contribution in [3.05, 3.63) is 53.7 Å². The molecule has 19 heavy (non-hydrogen) atoms. The van der Waals surface area contributed by atoms with Crippen LogP contribution in [0.4, 0.5) is 11.5 Å². The number of nitrogen functional groups attached to an aromatic ring is 1. The number of rotatable bonds is 5. The van der Waals surface area contributed by atoms with Gasteiger partial charge in [0, 0.05) is 13.1 Å². The van der Waals surface area contributed by atoms with Crippen LogP contribution in [0.5, 0.6) is 0 Å². The number of nitrogens with zero attached hydrogens (tertiary/aromatic N) is 2. The summed E-state index contributed by atoms with van der Waals surface area (Å²) in [5.41, 5.74) is 8.59. The van der Waals surface area contributed by atoms with Gasteiger partial charge in [-0.2, -0.15) is 0 Å². The standard InChI is InChI=1S/C15H19N3O/c1-12-9-14(16)10-17-15(12)18(7-8-19)11-13-5-3-2-4-6-13/h2-6,9-10,19H,7-8,11,16H2,1H3. The Labute approximate surface area is 113 Å². The molecule has 2 aromatic rings. The number of hydrogen-bond acceptors (Lipinski definition) is 4. The molecule has 0 unspecified atom stereocenters. The van der Waals surface area contributed by atoms with E-state index in [1.807, 2.05) is 31.2 Å². The van der Waals surface area contributed by atoms with Gasteiger partial charge in [0.25, 0.3) is 0 Å². The van der Waals surface area contributed by atoms with Crippen LogP contribution in [0, 0.1) is 6.92 Å². The zero-order chi connectivity index (χ0) is 13.7. The Hall–Kier alpha value is -2.07. The van der Waals surface area contributed by atoms with Crippen molar-refractivity contribution in [1.29, 1.82) is 0 Å². The highest BCUT2D eigenvalue weighted by molar-refractivity contribution is 5.52. The van der Waals surface area contributed by atoms with Crippen molar-refractivity contribution in [3.63, 3.8) is 0 Å². The summed E-state index contributed by atoms with van der Waals surface area (Å²) in [5, 5.41) is 9.23. The van der Waals surface area contributed by atoms with Gasteiger partial charge in [0.05, 0.1) is 18.5 Å². The lowest BCUT2D eigenvalue weighted by Crippen LogP contribution is -2.27. The minimum absolute atomic E-state index is 0.0956. The monoisotopic (exact) mass is 257 g/mol. The smallest absolute Gasteiger partial charge is 0.131 e. The maximum absolute atomic E-state index is 9.23. The van der Waals surface area contributed by atoms with E-state index < -0.39 is 0 Å². The fourth-order valence-corrected chi connectivity index (χ4v) is 2.10. The summed E-state index contributed by atoms with van der Waals surface area (Å²) in [6.45, 7) is 3.35. The molecule has 100 valence electrons. The van der Waals surface area contributed by atoms with Crippen LogP contribution < -0.4 is 10.6 Å². The molecule has 0 amide bonds. The summed E-state index contributed by atoms with van der Waals surface area (Å²) in [7, 11) is 0. The first-order valence-corrected chi connectivity index (χ1v) is 6.32. The third-order valence-corrected chi connectivity index (χ3v) is 2.96. The van der Waals surface area contributed by atoms with Gasteiger partial charge in [-0.15, -0.1) is 0 Å². The van der Waals surface area contributed by atoms with E-state index >= 15 is 0 Å². The Kier molecular flexibility index (Phi) is 4.36. The molecule has 1 aromatic carbocycles. The number of aryl methyl sites for hydroxylation is 1. The highest BCUT2D eigenvalue weighted by Crippen LogP contribution is 2.20. The first-order chi connectivity index (χ1) is 9.20. The van der Waals surface area contributed by atoms with Gasteiger partial charge in [-0.1, -0.05) is 30.3 Å². The fraction of sp³-hybridized carbons (Fsp3) is 0.267. The van der Waals surface area contributed by atoms with Gasteiger partial charge in [0.1, 0.15) is 5.82 Å². The highest BCUT2D eigenvalue weighted by atomic mass is 16.3. The number of aliphatic hydroxyl groups excluding tert-OH is 1.